The van der Waals surface area contributed by atoms with Gasteiger partial charge < -0.3 is 14.6 Å². The molecule has 0 aliphatic heterocycles. The summed E-state index contributed by atoms with van der Waals surface area (Å²) >= 11 is 0. The zero-order chi connectivity index (χ0) is 47.7. The molecule has 372 valence electrons. The van der Waals surface area contributed by atoms with Crippen molar-refractivity contribution in [3.63, 3.8) is 0 Å². The lowest BCUT2D eigenvalue weighted by atomic mass is 10.1. The molecule has 0 aliphatic carbocycles. The number of aliphatic hydroxyl groups is 1. The smallest absolute Gasteiger partial charge is 0.306 e. The fourth-order valence-electron chi connectivity index (χ4n) is 6.93. The number of carbonyl (C=O) groups excluding carboxylic acids is 2. The van der Waals surface area contributed by atoms with Gasteiger partial charge in [0.05, 0.1) is 6.61 Å². The van der Waals surface area contributed by atoms with Gasteiger partial charge in [-0.15, -0.1) is 0 Å². The number of rotatable bonds is 47. The molecule has 0 radical (unpaired) electrons. The molecule has 5 nitrogen and oxygen atoms in total. The quantitative estimate of drug-likeness (QED) is 0.0374. The summed E-state index contributed by atoms with van der Waals surface area (Å²) in [5.41, 5.74) is 0. The molecule has 0 aliphatic rings. The summed E-state index contributed by atoms with van der Waals surface area (Å²) in [7, 11) is 0. The summed E-state index contributed by atoms with van der Waals surface area (Å²) in [6, 6.07) is 0. The van der Waals surface area contributed by atoms with Crippen LogP contribution in [0.2, 0.25) is 0 Å². The first-order valence-electron chi connectivity index (χ1n) is 26.7. The lowest BCUT2D eigenvalue weighted by molar-refractivity contribution is -0.161. The van der Waals surface area contributed by atoms with E-state index in [9.17, 15) is 14.7 Å². The third-order valence-electron chi connectivity index (χ3n) is 10.9. The number of hydrogen-bond donors (Lipinski definition) is 1. The number of allylic oxidation sites excluding steroid dienone is 22. The van der Waals surface area contributed by atoms with E-state index in [-0.39, 0.29) is 25.2 Å². The van der Waals surface area contributed by atoms with Crippen molar-refractivity contribution in [1.82, 2.24) is 0 Å². The van der Waals surface area contributed by atoms with Crippen LogP contribution in [-0.4, -0.2) is 36.4 Å². The van der Waals surface area contributed by atoms with E-state index in [0.717, 1.165) is 122 Å². The van der Waals surface area contributed by atoms with Gasteiger partial charge in [0.2, 0.25) is 0 Å². The third-order valence-corrected chi connectivity index (χ3v) is 10.9. The van der Waals surface area contributed by atoms with Crippen LogP contribution < -0.4 is 0 Å². The van der Waals surface area contributed by atoms with Crippen LogP contribution in [0.1, 0.15) is 219 Å². The van der Waals surface area contributed by atoms with Crippen molar-refractivity contribution in [2.24, 2.45) is 0 Å². The summed E-state index contributed by atoms with van der Waals surface area (Å²) in [5, 5.41) is 9.63. The Kier molecular flexibility index (Phi) is 52.0. The van der Waals surface area contributed by atoms with Crippen LogP contribution in [0.3, 0.4) is 0 Å². The predicted molar refractivity (Wildman–Crippen MR) is 288 cm³/mol. The number of unbranched alkanes of at least 4 members (excludes halogenated alkanes) is 17. The first kappa shape index (κ1) is 62.0. The molecule has 1 atom stereocenters. The Bertz CT molecular complexity index is 1400. The maximum Gasteiger partial charge on any atom is 0.306 e. The Hall–Kier alpha value is -3.96. The van der Waals surface area contributed by atoms with E-state index in [1.165, 1.54) is 70.6 Å². The molecule has 0 aromatic heterocycles. The molecule has 1 N–H and O–H groups in total. The maximum atomic E-state index is 12.3. The van der Waals surface area contributed by atoms with E-state index in [4.69, 9.17) is 9.47 Å². The summed E-state index contributed by atoms with van der Waals surface area (Å²) in [4.78, 5) is 24.5. The molecule has 0 bridgehead atoms. The van der Waals surface area contributed by atoms with Gasteiger partial charge in [-0.05, 0) is 116 Å². The molecule has 0 amide bonds. The highest BCUT2D eigenvalue weighted by Gasteiger charge is 2.16. The summed E-state index contributed by atoms with van der Waals surface area (Å²) in [5.74, 6) is -0.626. The molecule has 0 spiro atoms. The van der Waals surface area contributed by atoms with Gasteiger partial charge in [0.1, 0.15) is 6.61 Å². The van der Waals surface area contributed by atoms with Crippen LogP contribution in [-0.2, 0) is 19.1 Å². The van der Waals surface area contributed by atoms with Crippen molar-refractivity contribution in [2.75, 3.05) is 13.2 Å². The largest absolute Gasteiger partial charge is 0.462 e. The molecule has 1 unspecified atom stereocenters. The Morgan fingerprint density at radius 1 is 0.364 bits per heavy atom. The van der Waals surface area contributed by atoms with Crippen molar-refractivity contribution >= 4 is 11.9 Å². The average molecular weight is 911 g/mol. The Labute approximate surface area is 406 Å². The fourth-order valence-corrected chi connectivity index (χ4v) is 6.93. The summed E-state index contributed by atoms with van der Waals surface area (Å²) < 4.78 is 10.7. The van der Waals surface area contributed by atoms with Crippen LogP contribution >= 0.6 is 0 Å². The van der Waals surface area contributed by atoms with Crippen LogP contribution in [0, 0.1) is 0 Å². The summed E-state index contributed by atoms with van der Waals surface area (Å²) in [6.07, 6.45) is 82.5. The van der Waals surface area contributed by atoms with E-state index in [1.807, 2.05) is 0 Å². The topological polar surface area (TPSA) is 72.8 Å². The van der Waals surface area contributed by atoms with Crippen LogP contribution in [0.25, 0.3) is 0 Å². The van der Waals surface area contributed by atoms with E-state index >= 15 is 0 Å². The van der Waals surface area contributed by atoms with Crippen LogP contribution in [0.15, 0.2) is 134 Å². The molecule has 66 heavy (non-hydrogen) atoms. The highest BCUT2D eigenvalue weighted by molar-refractivity contribution is 5.70. The predicted octanol–water partition coefficient (Wildman–Crippen LogP) is 18.1. The highest BCUT2D eigenvalue weighted by Crippen LogP contribution is 2.13. The number of esters is 2. The molecule has 0 rings (SSSR count). The van der Waals surface area contributed by atoms with Crippen molar-refractivity contribution in [3.05, 3.63) is 134 Å². The molecular formula is C61H98O5. The van der Waals surface area contributed by atoms with Crippen molar-refractivity contribution in [2.45, 2.75) is 225 Å². The molecule has 0 saturated heterocycles. The highest BCUT2D eigenvalue weighted by atomic mass is 16.6. The van der Waals surface area contributed by atoms with Gasteiger partial charge in [0.15, 0.2) is 6.10 Å². The van der Waals surface area contributed by atoms with Gasteiger partial charge in [-0.1, -0.05) is 225 Å². The maximum absolute atomic E-state index is 12.3. The molecule has 0 heterocycles. The van der Waals surface area contributed by atoms with Gasteiger partial charge in [-0.3, -0.25) is 9.59 Å². The van der Waals surface area contributed by atoms with Gasteiger partial charge in [-0.2, -0.15) is 0 Å². The van der Waals surface area contributed by atoms with Gasteiger partial charge in [-0.25, -0.2) is 0 Å². The molecular weight excluding hydrogens is 813 g/mol. The van der Waals surface area contributed by atoms with E-state index in [1.54, 1.807) is 0 Å². The lowest BCUT2D eigenvalue weighted by Crippen LogP contribution is -2.28. The lowest BCUT2D eigenvalue weighted by Gasteiger charge is -2.15. The minimum absolute atomic E-state index is 0.0842. The van der Waals surface area contributed by atoms with Gasteiger partial charge >= 0.3 is 11.9 Å². The monoisotopic (exact) mass is 911 g/mol. The SMILES string of the molecule is CC/C=C\C/C=C\C/C=C\C/C=C\C/C=C\C/C=C\C/C=C\C/C=C\C/C=C\CCCCCCCC(=O)OC(CO)COC(=O)CCCCCCCCCCC/C=C\C/C=C\CCCCC. The second-order valence-electron chi connectivity index (χ2n) is 17.2. The van der Waals surface area contributed by atoms with E-state index < -0.39 is 6.10 Å². The minimum Gasteiger partial charge on any atom is -0.462 e. The molecule has 5 heteroatoms. The minimum atomic E-state index is -0.795. The molecule has 0 aromatic carbocycles. The summed E-state index contributed by atoms with van der Waals surface area (Å²) in [6.45, 7) is 3.98. The Morgan fingerprint density at radius 3 is 0.985 bits per heavy atom. The molecule has 0 saturated carbocycles. The number of hydrogen-bond acceptors (Lipinski definition) is 5. The Balaban J connectivity index is 3.64. The number of aliphatic hydroxyl groups excluding tert-OH is 1. The van der Waals surface area contributed by atoms with Crippen molar-refractivity contribution in [3.8, 4) is 0 Å². The van der Waals surface area contributed by atoms with E-state index in [2.05, 4.69) is 148 Å². The standard InChI is InChI=1S/C61H98O5/c1-3-5-7-9-11-13-15-17-19-21-23-24-25-26-27-28-29-30-31-32-33-34-35-36-38-40-42-44-46-48-50-52-54-56-61(64)66-59(57-62)58-65-60(63)55-53-51-49-47-45-43-41-39-37-22-20-18-16-14-12-10-8-6-4-2/h5,7,11-14,17-20,23-24,26-27,29-30,32-33,35-36,40,42,59,62H,3-4,6,8-10,15-16,21-22,25,28,31,34,37-39,41,43-58H2,1-2H3/b7-5-,13-11-,14-12-,19-17-,20-18-,24-23-,27-26-,30-29-,33-32-,36-35-,42-40-. The van der Waals surface area contributed by atoms with Gasteiger partial charge in [0.25, 0.3) is 0 Å². The number of ether oxygens (including phenoxy) is 2. The second-order valence-corrected chi connectivity index (χ2v) is 17.2. The van der Waals surface area contributed by atoms with Crippen LogP contribution in [0.4, 0.5) is 0 Å². The van der Waals surface area contributed by atoms with Gasteiger partial charge in [0, 0.05) is 12.8 Å². The fraction of sp³-hybridized carbons (Fsp3) is 0.607. The number of carbonyl (C=O) groups is 2. The normalized spacial score (nSPS) is 13.3. The zero-order valence-electron chi connectivity index (χ0n) is 42.4. The van der Waals surface area contributed by atoms with Crippen LogP contribution in [0.5, 0.6) is 0 Å². The van der Waals surface area contributed by atoms with Crippen molar-refractivity contribution in [1.29, 1.82) is 0 Å². The zero-order valence-corrected chi connectivity index (χ0v) is 42.4. The van der Waals surface area contributed by atoms with Crippen molar-refractivity contribution < 1.29 is 24.2 Å². The average Bonchev–Trinajstić information content (AvgIpc) is 3.32. The first-order chi connectivity index (χ1) is 32.6. The van der Waals surface area contributed by atoms with E-state index in [0.29, 0.717) is 12.8 Å². The molecule has 0 fully saturated rings. The molecule has 0 aromatic rings. The third kappa shape index (κ3) is 52.7. The Morgan fingerprint density at radius 2 is 0.652 bits per heavy atom. The first-order valence-corrected chi connectivity index (χ1v) is 26.7. The second kappa shape index (κ2) is 55.4.